The normalized spacial score (nSPS) is 11.1. The third kappa shape index (κ3) is 3.65. The molecule has 0 aliphatic rings. The minimum absolute atomic E-state index is 0.0441. The first-order chi connectivity index (χ1) is 13.2. The average molecular weight is 424 g/mol. The van der Waals surface area contributed by atoms with Crippen LogP contribution in [0.15, 0.2) is 40.1 Å². The molecule has 0 unspecified atom stereocenters. The minimum Gasteiger partial charge on any atom is -0.513 e. The zero-order valence-corrected chi connectivity index (χ0v) is 16.9. The molecule has 0 radical (unpaired) electrons. The van der Waals surface area contributed by atoms with E-state index in [0.717, 1.165) is 4.57 Å². The van der Waals surface area contributed by atoms with Crippen LogP contribution in [0, 0.1) is 0 Å². The van der Waals surface area contributed by atoms with Gasteiger partial charge in [-0.05, 0) is 17.7 Å². The molecule has 10 heteroatoms. The lowest BCUT2D eigenvalue weighted by atomic mass is 10.2. The number of aryl methyl sites for hydroxylation is 2. The number of hydrogen-bond donors (Lipinski definition) is 2. The van der Waals surface area contributed by atoms with Gasteiger partial charge in [-0.25, -0.2) is 4.79 Å². The second kappa shape index (κ2) is 7.73. The fraction of sp³-hybridized carbons (Fsp3) is 0.278. The number of nitrogens with one attached hydrogen (secondary N) is 1. The van der Waals surface area contributed by atoms with Crippen molar-refractivity contribution in [3.63, 3.8) is 0 Å². The van der Waals surface area contributed by atoms with Crippen LogP contribution in [0.3, 0.4) is 0 Å². The van der Waals surface area contributed by atoms with Gasteiger partial charge < -0.3 is 15.0 Å². The molecule has 2 N–H and O–H groups in total. The van der Waals surface area contributed by atoms with Gasteiger partial charge in [0.05, 0.1) is 22.3 Å². The van der Waals surface area contributed by atoms with Gasteiger partial charge in [0.15, 0.2) is 11.2 Å². The molecule has 0 spiro atoms. The van der Waals surface area contributed by atoms with E-state index in [9.17, 15) is 14.7 Å². The van der Waals surface area contributed by atoms with E-state index in [4.69, 9.17) is 23.2 Å². The molecule has 0 atom stereocenters. The van der Waals surface area contributed by atoms with Crippen LogP contribution < -0.4 is 16.6 Å². The Kier molecular flexibility index (Phi) is 5.53. The van der Waals surface area contributed by atoms with Crippen molar-refractivity contribution in [1.29, 1.82) is 0 Å². The number of halogens is 2. The second-order valence-electron chi connectivity index (χ2n) is 6.39. The predicted molar refractivity (Wildman–Crippen MR) is 111 cm³/mol. The summed E-state index contributed by atoms with van der Waals surface area (Å²) in [5.41, 5.74) is 0.284. The van der Waals surface area contributed by atoms with Gasteiger partial charge in [-0.1, -0.05) is 35.8 Å². The predicted octanol–water partition coefficient (Wildman–Crippen LogP) is 2.66. The Morgan fingerprint density at radius 1 is 1.21 bits per heavy atom. The van der Waals surface area contributed by atoms with Gasteiger partial charge in [0.1, 0.15) is 0 Å². The molecular weight excluding hydrogens is 405 g/mol. The molecule has 2 aromatic heterocycles. The van der Waals surface area contributed by atoms with Crippen LogP contribution in [0.25, 0.3) is 11.2 Å². The number of imidazole rings is 1. The average Bonchev–Trinajstić information content (AvgIpc) is 2.96. The highest BCUT2D eigenvalue weighted by atomic mass is 35.5. The van der Waals surface area contributed by atoms with Gasteiger partial charge in [0.25, 0.3) is 5.56 Å². The molecule has 0 aliphatic carbocycles. The molecule has 8 nitrogen and oxygen atoms in total. The largest absolute Gasteiger partial charge is 0.513 e. The summed E-state index contributed by atoms with van der Waals surface area (Å²) < 4.78 is 4.04. The molecule has 0 amide bonds. The van der Waals surface area contributed by atoms with E-state index in [2.05, 4.69) is 16.9 Å². The number of rotatable bonds is 6. The van der Waals surface area contributed by atoms with Crippen molar-refractivity contribution in [3.8, 4) is 0 Å². The Balaban J connectivity index is 2.08. The quantitative estimate of drug-likeness (QED) is 0.594. The minimum atomic E-state index is -0.489. The van der Waals surface area contributed by atoms with Crippen molar-refractivity contribution in [2.24, 2.45) is 14.1 Å². The molecule has 0 bridgehead atoms. The Morgan fingerprint density at radius 3 is 2.57 bits per heavy atom. The molecule has 0 fully saturated rings. The summed E-state index contributed by atoms with van der Waals surface area (Å²) in [5, 5.41) is 13.0. The summed E-state index contributed by atoms with van der Waals surface area (Å²) >= 11 is 12.0. The summed E-state index contributed by atoms with van der Waals surface area (Å²) in [4.78, 5) is 30.1. The van der Waals surface area contributed by atoms with E-state index in [1.165, 1.54) is 4.57 Å². The van der Waals surface area contributed by atoms with E-state index in [1.54, 1.807) is 36.9 Å². The standard InChI is InChI=1S/C18H19Cl2N5O3/c1-10(26)6-7-21-17-22-15-14(23(17)2)16(27)25(18(28)24(15)3)9-11-4-5-12(19)13(20)8-11/h4-5,8,26H,1,6-7,9H2,2-3H3,(H,21,22). The number of anilines is 1. The maximum Gasteiger partial charge on any atom is 0.332 e. The van der Waals surface area contributed by atoms with Crippen LogP contribution in [0.2, 0.25) is 10.0 Å². The number of benzene rings is 1. The smallest absolute Gasteiger partial charge is 0.332 e. The van der Waals surface area contributed by atoms with Gasteiger partial charge in [-0.15, -0.1) is 0 Å². The highest BCUT2D eigenvalue weighted by Crippen LogP contribution is 2.22. The summed E-state index contributed by atoms with van der Waals surface area (Å²) in [6.45, 7) is 3.87. The number of aliphatic hydroxyl groups excluding tert-OH is 1. The zero-order valence-electron chi connectivity index (χ0n) is 15.4. The fourth-order valence-corrected chi connectivity index (χ4v) is 3.20. The van der Waals surface area contributed by atoms with Crippen LogP contribution in [0.5, 0.6) is 0 Å². The van der Waals surface area contributed by atoms with E-state index in [1.807, 2.05) is 0 Å². The van der Waals surface area contributed by atoms with Crippen LogP contribution >= 0.6 is 23.2 Å². The van der Waals surface area contributed by atoms with Gasteiger partial charge in [-0.3, -0.25) is 13.9 Å². The summed E-state index contributed by atoms with van der Waals surface area (Å²) in [6, 6.07) is 4.95. The Bertz CT molecular complexity index is 1190. The van der Waals surface area contributed by atoms with Crippen molar-refractivity contribution in [2.75, 3.05) is 11.9 Å². The van der Waals surface area contributed by atoms with Crippen molar-refractivity contribution in [2.45, 2.75) is 13.0 Å². The lowest BCUT2D eigenvalue weighted by Gasteiger charge is -2.09. The van der Waals surface area contributed by atoms with E-state index in [-0.39, 0.29) is 23.5 Å². The Labute approximate surface area is 170 Å². The van der Waals surface area contributed by atoms with Crippen LogP contribution in [0.4, 0.5) is 5.95 Å². The van der Waals surface area contributed by atoms with Crippen molar-refractivity contribution in [1.82, 2.24) is 18.7 Å². The number of nitrogens with zero attached hydrogens (tertiary/aromatic N) is 4. The van der Waals surface area contributed by atoms with Crippen molar-refractivity contribution in [3.05, 3.63) is 67.0 Å². The van der Waals surface area contributed by atoms with E-state index >= 15 is 0 Å². The monoisotopic (exact) mass is 423 g/mol. The Hall–Kier alpha value is -2.71. The lowest BCUT2D eigenvalue weighted by molar-refractivity contribution is 0.395. The summed E-state index contributed by atoms with van der Waals surface area (Å²) in [5.74, 6) is 0.457. The van der Waals surface area contributed by atoms with E-state index < -0.39 is 11.2 Å². The zero-order chi connectivity index (χ0) is 20.6. The molecule has 1 aromatic carbocycles. The molecule has 148 valence electrons. The van der Waals surface area contributed by atoms with Gasteiger partial charge >= 0.3 is 5.69 Å². The molecule has 3 rings (SSSR count). The lowest BCUT2D eigenvalue weighted by Crippen LogP contribution is -2.39. The number of fused-ring (bicyclic) bond motifs is 1. The number of hydrogen-bond acceptors (Lipinski definition) is 5. The van der Waals surface area contributed by atoms with Gasteiger partial charge in [0.2, 0.25) is 5.95 Å². The highest BCUT2D eigenvalue weighted by molar-refractivity contribution is 6.42. The number of aromatic nitrogens is 4. The van der Waals surface area contributed by atoms with Gasteiger partial charge in [0, 0.05) is 27.1 Å². The maximum atomic E-state index is 13.0. The third-order valence-corrected chi connectivity index (χ3v) is 5.12. The van der Waals surface area contributed by atoms with E-state index in [0.29, 0.717) is 34.5 Å². The Morgan fingerprint density at radius 2 is 1.93 bits per heavy atom. The molecule has 0 saturated carbocycles. The molecule has 2 heterocycles. The molecule has 0 saturated heterocycles. The summed E-state index contributed by atoms with van der Waals surface area (Å²) in [7, 11) is 3.24. The van der Waals surface area contributed by atoms with Gasteiger partial charge in [-0.2, -0.15) is 4.98 Å². The van der Waals surface area contributed by atoms with Crippen molar-refractivity contribution < 1.29 is 5.11 Å². The SMILES string of the molecule is C=C(O)CCNc1nc2c(c(=O)n(Cc3ccc(Cl)c(Cl)c3)c(=O)n2C)n1C. The highest BCUT2D eigenvalue weighted by Gasteiger charge is 2.18. The van der Waals surface area contributed by atoms with Crippen LogP contribution in [-0.4, -0.2) is 30.3 Å². The molecule has 28 heavy (non-hydrogen) atoms. The van der Waals surface area contributed by atoms with Crippen molar-refractivity contribution >= 4 is 40.3 Å². The number of aliphatic hydroxyl groups is 1. The first-order valence-electron chi connectivity index (χ1n) is 8.41. The molecule has 0 aliphatic heterocycles. The second-order valence-corrected chi connectivity index (χ2v) is 7.21. The topological polar surface area (TPSA) is 94.1 Å². The first-order valence-corrected chi connectivity index (χ1v) is 9.17. The van der Waals surface area contributed by atoms with Crippen LogP contribution in [-0.2, 0) is 20.6 Å². The molecular formula is C18H19Cl2N5O3. The fourth-order valence-electron chi connectivity index (χ4n) is 2.88. The summed E-state index contributed by atoms with van der Waals surface area (Å²) in [6.07, 6.45) is 0.337. The first kappa shape index (κ1) is 20.0. The maximum absolute atomic E-state index is 13.0. The third-order valence-electron chi connectivity index (χ3n) is 4.38. The van der Waals surface area contributed by atoms with Crippen LogP contribution in [0.1, 0.15) is 12.0 Å². The molecule has 3 aromatic rings.